The number of aromatic nitrogens is 2. The molecule has 1 atom stereocenters. The number of hydrogen-bond donors (Lipinski definition) is 0. The molecule has 0 aromatic carbocycles. The van der Waals surface area contributed by atoms with Gasteiger partial charge < -0.3 is 4.57 Å². The van der Waals surface area contributed by atoms with Crippen LogP contribution in [0.1, 0.15) is 39.9 Å². The standard InChI is InChI=1S/C16H30N4/c1-5-16-17-7-10-20(16)13-15(4)19-9-6-8-18(11-12-19)14(2)3/h7,10,14-15H,5-6,8-9,11-13H2,1-4H3. The van der Waals surface area contributed by atoms with Gasteiger partial charge in [-0.05, 0) is 40.3 Å². The molecule has 0 saturated carbocycles. The van der Waals surface area contributed by atoms with Gasteiger partial charge in [0.25, 0.3) is 0 Å². The van der Waals surface area contributed by atoms with Gasteiger partial charge in [-0.25, -0.2) is 4.98 Å². The summed E-state index contributed by atoms with van der Waals surface area (Å²) in [4.78, 5) is 9.66. The van der Waals surface area contributed by atoms with Gasteiger partial charge in [-0.3, -0.25) is 9.80 Å². The van der Waals surface area contributed by atoms with Gasteiger partial charge in [0, 0.05) is 50.5 Å². The van der Waals surface area contributed by atoms with Crippen molar-refractivity contribution in [3.63, 3.8) is 0 Å². The quantitative estimate of drug-likeness (QED) is 0.825. The number of imidazole rings is 1. The normalized spacial score (nSPS) is 20.2. The molecule has 1 fully saturated rings. The molecule has 0 aliphatic carbocycles. The van der Waals surface area contributed by atoms with Gasteiger partial charge in [-0.15, -0.1) is 0 Å². The number of rotatable bonds is 5. The molecule has 1 aromatic heterocycles. The van der Waals surface area contributed by atoms with Crippen LogP contribution in [0.3, 0.4) is 0 Å². The van der Waals surface area contributed by atoms with Crippen molar-refractivity contribution < 1.29 is 0 Å². The molecule has 0 bridgehead atoms. The van der Waals surface area contributed by atoms with Gasteiger partial charge in [0.05, 0.1) is 0 Å². The molecular formula is C16H30N4. The first-order chi connectivity index (χ1) is 9.61. The fourth-order valence-electron chi connectivity index (χ4n) is 3.14. The highest BCUT2D eigenvalue weighted by atomic mass is 15.3. The summed E-state index contributed by atoms with van der Waals surface area (Å²) in [5.41, 5.74) is 0. The van der Waals surface area contributed by atoms with Crippen molar-refractivity contribution in [3.05, 3.63) is 18.2 Å². The molecule has 4 heteroatoms. The summed E-state index contributed by atoms with van der Waals surface area (Å²) in [5, 5.41) is 0. The van der Waals surface area contributed by atoms with Crippen molar-refractivity contribution in [2.75, 3.05) is 26.2 Å². The van der Waals surface area contributed by atoms with Crippen LogP contribution in [0.25, 0.3) is 0 Å². The summed E-state index contributed by atoms with van der Waals surface area (Å²) in [5.74, 6) is 1.20. The maximum absolute atomic E-state index is 4.42. The predicted molar refractivity (Wildman–Crippen MR) is 84.0 cm³/mol. The molecular weight excluding hydrogens is 248 g/mol. The van der Waals surface area contributed by atoms with Gasteiger partial charge >= 0.3 is 0 Å². The topological polar surface area (TPSA) is 24.3 Å². The molecule has 2 rings (SSSR count). The molecule has 1 unspecified atom stereocenters. The molecule has 114 valence electrons. The van der Waals surface area contributed by atoms with Crippen LogP contribution in [0.15, 0.2) is 12.4 Å². The third kappa shape index (κ3) is 3.83. The zero-order valence-corrected chi connectivity index (χ0v) is 13.5. The average Bonchev–Trinajstić information content (AvgIpc) is 2.72. The van der Waals surface area contributed by atoms with Crippen molar-refractivity contribution in [3.8, 4) is 0 Å². The van der Waals surface area contributed by atoms with E-state index in [0.717, 1.165) is 13.0 Å². The second kappa shape index (κ2) is 7.23. The first-order valence-electron chi connectivity index (χ1n) is 8.10. The van der Waals surface area contributed by atoms with E-state index in [1.807, 2.05) is 6.20 Å². The fraction of sp³-hybridized carbons (Fsp3) is 0.812. The molecule has 0 spiro atoms. The molecule has 1 aromatic rings. The Morgan fingerprint density at radius 1 is 1.10 bits per heavy atom. The van der Waals surface area contributed by atoms with E-state index < -0.39 is 0 Å². The molecule has 0 N–H and O–H groups in total. The molecule has 0 radical (unpaired) electrons. The minimum absolute atomic E-state index is 0.585. The second-order valence-corrected chi connectivity index (χ2v) is 6.22. The first kappa shape index (κ1) is 15.5. The lowest BCUT2D eigenvalue weighted by Gasteiger charge is -2.29. The Hall–Kier alpha value is -0.870. The molecule has 1 aliphatic heterocycles. The maximum atomic E-state index is 4.42. The summed E-state index contributed by atoms with van der Waals surface area (Å²) in [6.45, 7) is 15.1. The molecule has 4 nitrogen and oxygen atoms in total. The van der Waals surface area contributed by atoms with Crippen LogP contribution >= 0.6 is 0 Å². The highest BCUT2D eigenvalue weighted by Gasteiger charge is 2.20. The largest absolute Gasteiger partial charge is 0.333 e. The van der Waals surface area contributed by atoms with E-state index in [1.165, 1.54) is 38.4 Å². The lowest BCUT2D eigenvalue weighted by atomic mass is 10.2. The van der Waals surface area contributed by atoms with E-state index in [4.69, 9.17) is 0 Å². The van der Waals surface area contributed by atoms with Crippen LogP contribution in [0.4, 0.5) is 0 Å². The molecule has 20 heavy (non-hydrogen) atoms. The summed E-state index contributed by atoms with van der Waals surface area (Å²) >= 11 is 0. The molecule has 1 aliphatic rings. The van der Waals surface area contributed by atoms with Crippen molar-refractivity contribution in [2.24, 2.45) is 0 Å². The zero-order valence-electron chi connectivity index (χ0n) is 13.5. The van der Waals surface area contributed by atoms with Crippen molar-refractivity contribution in [1.82, 2.24) is 19.4 Å². The minimum atomic E-state index is 0.585. The van der Waals surface area contributed by atoms with Crippen molar-refractivity contribution >= 4 is 0 Å². The third-order valence-electron chi connectivity index (χ3n) is 4.50. The Morgan fingerprint density at radius 2 is 1.80 bits per heavy atom. The Kier molecular flexibility index (Phi) is 5.61. The van der Waals surface area contributed by atoms with Crippen molar-refractivity contribution in [2.45, 2.75) is 59.2 Å². The van der Waals surface area contributed by atoms with E-state index in [9.17, 15) is 0 Å². The van der Waals surface area contributed by atoms with Crippen LogP contribution < -0.4 is 0 Å². The summed E-state index contributed by atoms with van der Waals surface area (Å²) in [6, 6.07) is 1.26. The Labute approximate surface area is 123 Å². The minimum Gasteiger partial charge on any atom is -0.333 e. The van der Waals surface area contributed by atoms with Crippen molar-refractivity contribution in [1.29, 1.82) is 0 Å². The van der Waals surface area contributed by atoms with Gasteiger partial charge in [0.1, 0.15) is 5.82 Å². The van der Waals surface area contributed by atoms with Gasteiger partial charge in [-0.2, -0.15) is 0 Å². The van der Waals surface area contributed by atoms with E-state index in [2.05, 4.69) is 53.2 Å². The number of hydrogen-bond acceptors (Lipinski definition) is 3. The smallest absolute Gasteiger partial charge is 0.108 e. The predicted octanol–water partition coefficient (Wildman–Crippen LogP) is 2.25. The Morgan fingerprint density at radius 3 is 2.50 bits per heavy atom. The zero-order chi connectivity index (χ0) is 14.5. The monoisotopic (exact) mass is 278 g/mol. The number of aryl methyl sites for hydroxylation is 1. The highest BCUT2D eigenvalue weighted by molar-refractivity contribution is 4.92. The van der Waals surface area contributed by atoms with E-state index in [1.54, 1.807) is 0 Å². The van der Waals surface area contributed by atoms with Gasteiger partial charge in [-0.1, -0.05) is 6.92 Å². The van der Waals surface area contributed by atoms with E-state index in [-0.39, 0.29) is 0 Å². The second-order valence-electron chi connectivity index (χ2n) is 6.22. The van der Waals surface area contributed by atoms with Crippen LogP contribution in [-0.2, 0) is 13.0 Å². The van der Waals surface area contributed by atoms with Gasteiger partial charge in [0.2, 0.25) is 0 Å². The summed E-state index contributed by atoms with van der Waals surface area (Å²) in [6.07, 6.45) is 6.34. The lowest BCUT2D eigenvalue weighted by Crippen LogP contribution is -2.40. The van der Waals surface area contributed by atoms with Crippen LogP contribution in [-0.4, -0.2) is 57.6 Å². The summed E-state index contributed by atoms with van der Waals surface area (Å²) < 4.78 is 2.32. The molecule has 0 amide bonds. The first-order valence-corrected chi connectivity index (χ1v) is 8.10. The maximum Gasteiger partial charge on any atom is 0.108 e. The highest BCUT2D eigenvalue weighted by Crippen LogP contribution is 2.12. The van der Waals surface area contributed by atoms with E-state index in [0.29, 0.717) is 12.1 Å². The SMILES string of the molecule is CCc1nccn1CC(C)N1CCCN(C(C)C)CC1. The number of nitrogens with zero attached hydrogens (tertiary/aromatic N) is 4. The molecule has 2 heterocycles. The van der Waals surface area contributed by atoms with Crippen LogP contribution in [0, 0.1) is 0 Å². The summed E-state index contributed by atoms with van der Waals surface area (Å²) in [7, 11) is 0. The Bertz CT molecular complexity index is 399. The van der Waals surface area contributed by atoms with Gasteiger partial charge in [0.15, 0.2) is 0 Å². The average molecular weight is 278 g/mol. The molecule has 1 saturated heterocycles. The van der Waals surface area contributed by atoms with E-state index >= 15 is 0 Å². The Balaban J connectivity index is 1.91. The third-order valence-corrected chi connectivity index (χ3v) is 4.50. The fourth-order valence-corrected chi connectivity index (χ4v) is 3.14. The van der Waals surface area contributed by atoms with Crippen LogP contribution in [0.5, 0.6) is 0 Å². The van der Waals surface area contributed by atoms with Crippen LogP contribution in [0.2, 0.25) is 0 Å². The lowest BCUT2D eigenvalue weighted by molar-refractivity contribution is 0.182.